The maximum Gasteiger partial charge on any atom is 0.270 e. The summed E-state index contributed by atoms with van der Waals surface area (Å²) in [6.45, 7) is 5.93. The zero-order valence-corrected chi connectivity index (χ0v) is 22.8. The van der Waals surface area contributed by atoms with Crippen LogP contribution in [0, 0.1) is 13.8 Å². The number of nitrogens with one attached hydrogen (secondary N) is 1. The van der Waals surface area contributed by atoms with Crippen LogP contribution in [0.4, 0.5) is 11.4 Å². The first-order valence-corrected chi connectivity index (χ1v) is 13.1. The number of nitrogens with zero attached hydrogens (tertiary/aromatic N) is 1. The van der Waals surface area contributed by atoms with E-state index in [0.717, 1.165) is 34.5 Å². The number of anilines is 2. The van der Waals surface area contributed by atoms with Crippen LogP contribution in [0.1, 0.15) is 29.2 Å². The van der Waals surface area contributed by atoms with Gasteiger partial charge in [0.05, 0.1) is 17.7 Å². The molecule has 3 aromatic rings. The van der Waals surface area contributed by atoms with Crippen molar-refractivity contribution in [1.82, 2.24) is 0 Å². The Morgan fingerprint density at radius 2 is 1.78 bits per heavy atom. The van der Waals surface area contributed by atoms with E-state index in [0.29, 0.717) is 20.7 Å². The van der Waals surface area contributed by atoms with E-state index in [-0.39, 0.29) is 18.4 Å². The van der Waals surface area contributed by atoms with Gasteiger partial charge in [0.15, 0.2) is 22.4 Å². The highest BCUT2D eigenvalue weighted by atomic mass is 32.2. The fourth-order valence-electron chi connectivity index (χ4n) is 3.78. The van der Waals surface area contributed by atoms with Gasteiger partial charge in [0.25, 0.3) is 11.8 Å². The van der Waals surface area contributed by atoms with Gasteiger partial charge in [0.2, 0.25) is 0 Å². The molecule has 190 valence electrons. The number of ether oxygens (including phenoxy) is 2. The summed E-state index contributed by atoms with van der Waals surface area (Å²) < 4.78 is 11.7. The van der Waals surface area contributed by atoms with E-state index in [1.165, 1.54) is 24.4 Å². The summed E-state index contributed by atoms with van der Waals surface area (Å²) in [5.74, 6) is 0.448. The van der Waals surface area contributed by atoms with Crippen molar-refractivity contribution >= 4 is 57.6 Å². The van der Waals surface area contributed by atoms with Crippen LogP contribution in [-0.4, -0.2) is 29.9 Å². The number of hydrogen-bond donors (Lipinski definition) is 1. The van der Waals surface area contributed by atoms with Gasteiger partial charge in [-0.3, -0.25) is 14.5 Å². The van der Waals surface area contributed by atoms with Gasteiger partial charge in [0, 0.05) is 5.69 Å². The average Bonchev–Trinajstić information content (AvgIpc) is 3.17. The minimum absolute atomic E-state index is 0.165. The number of thioether (sulfide) groups is 1. The SMILES string of the molecule is CCc1ccc(N2C(=O)/C(=C/c3ccc(OCC(=O)Nc4ccc(C)c(C)c4)c(OC)c3)SC2=S)cc1. The van der Waals surface area contributed by atoms with Crippen LogP contribution in [0.25, 0.3) is 6.08 Å². The molecule has 1 heterocycles. The fourth-order valence-corrected chi connectivity index (χ4v) is 5.07. The molecule has 0 saturated carbocycles. The van der Waals surface area contributed by atoms with E-state index in [1.807, 2.05) is 62.4 Å². The Kier molecular flexibility index (Phi) is 8.31. The average molecular weight is 533 g/mol. The number of carbonyl (C=O) groups is 2. The third-order valence-electron chi connectivity index (χ3n) is 6.03. The van der Waals surface area contributed by atoms with Gasteiger partial charge in [-0.05, 0) is 85.0 Å². The molecule has 6 nitrogen and oxygen atoms in total. The maximum atomic E-state index is 13.1. The normalized spacial score (nSPS) is 14.3. The molecule has 1 aliphatic rings. The number of aryl methyl sites for hydroxylation is 3. The molecule has 0 spiro atoms. The highest BCUT2D eigenvalue weighted by molar-refractivity contribution is 8.27. The fraction of sp³-hybridized carbons (Fsp3) is 0.207. The second-order valence-electron chi connectivity index (χ2n) is 8.58. The summed E-state index contributed by atoms with van der Waals surface area (Å²) in [6, 6.07) is 18.9. The monoisotopic (exact) mass is 532 g/mol. The number of hydrogen-bond acceptors (Lipinski definition) is 6. The van der Waals surface area contributed by atoms with Gasteiger partial charge in [-0.2, -0.15) is 0 Å². The molecule has 8 heteroatoms. The number of methoxy groups -OCH3 is 1. The predicted molar refractivity (Wildman–Crippen MR) is 155 cm³/mol. The van der Waals surface area contributed by atoms with Crippen molar-refractivity contribution in [3.8, 4) is 11.5 Å². The van der Waals surface area contributed by atoms with Crippen LogP contribution in [0.3, 0.4) is 0 Å². The van der Waals surface area contributed by atoms with Crippen LogP contribution in [0.15, 0.2) is 65.6 Å². The van der Waals surface area contributed by atoms with E-state index < -0.39 is 0 Å². The Bertz CT molecular complexity index is 1380. The van der Waals surface area contributed by atoms with Gasteiger partial charge >= 0.3 is 0 Å². The van der Waals surface area contributed by atoms with Crippen molar-refractivity contribution < 1.29 is 19.1 Å². The minimum atomic E-state index is -0.273. The Morgan fingerprint density at radius 3 is 2.46 bits per heavy atom. The molecule has 1 fully saturated rings. The Labute approximate surface area is 226 Å². The van der Waals surface area contributed by atoms with Gasteiger partial charge in [-0.25, -0.2) is 0 Å². The maximum absolute atomic E-state index is 13.1. The summed E-state index contributed by atoms with van der Waals surface area (Å²) in [4.78, 5) is 27.6. The van der Waals surface area contributed by atoms with Crippen LogP contribution in [-0.2, 0) is 16.0 Å². The summed E-state index contributed by atoms with van der Waals surface area (Å²) in [5, 5.41) is 2.84. The lowest BCUT2D eigenvalue weighted by Crippen LogP contribution is -2.27. The summed E-state index contributed by atoms with van der Waals surface area (Å²) in [7, 11) is 1.53. The van der Waals surface area contributed by atoms with Gasteiger partial charge in [-0.1, -0.05) is 55.2 Å². The molecule has 1 N–H and O–H groups in total. The van der Waals surface area contributed by atoms with E-state index in [4.69, 9.17) is 21.7 Å². The molecule has 4 rings (SSSR count). The molecule has 0 radical (unpaired) electrons. The molecule has 37 heavy (non-hydrogen) atoms. The van der Waals surface area contributed by atoms with Crippen LogP contribution < -0.4 is 19.7 Å². The quantitative estimate of drug-likeness (QED) is 0.271. The molecule has 1 saturated heterocycles. The smallest absolute Gasteiger partial charge is 0.270 e. The van der Waals surface area contributed by atoms with Crippen LogP contribution >= 0.6 is 24.0 Å². The first-order chi connectivity index (χ1) is 17.8. The second kappa shape index (κ2) is 11.6. The molecular formula is C29H28N2O4S2. The Balaban J connectivity index is 1.44. The standard InChI is InChI=1S/C29H28N2O4S2/c1-5-20-7-11-23(12-8-20)31-28(33)26(37-29(31)36)16-21-9-13-24(25(15-21)34-4)35-17-27(32)30-22-10-6-18(2)19(3)14-22/h6-16H,5,17H2,1-4H3,(H,30,32)/b26-16-. The Morgan fingerprint density at radius 1 is 1.03 bits per heavy atom. The minimum Gasteiger partial charge on any atom is -0.493 e. The highest BCUT2D eigenvalue weighted by Gasteiger charge is 2.33. The lowest BCUT2D eigenvalue weighted by molar-refractivity contribution is -0.118. The third-order valence-corrected chi connectivity index (χ3v) is 7.33. The molecule has 0 aliphatic carbocycles. The van der Waals surface area contributed by atoms with Crippen molar-refractivity contribution in [2.75, 3.05) is 23.9 Å². The van der Waals surface area contributed by atoms with Crippen molar-refractivity contribution in [2.45, 2.75) is 27.2 Å². The van der Waals surface area contributed by atoms with E-state index in [1.54, 1.807) is 23.1 Å². The van der Waals surface area contributed by atoms with Gasteiger partial charge < -0.3 is 14.8 Å². The van der Waals surface area contributed by atoms with Crippen LogP contribution in [0.2, 0.25) is 0 Å². The zero-order chi connectivity index (χ0) is 26.5. The van der Waals surface area contributed by atoms with E-state index in [9.17, 15) is 9.59 Å². The number of thiocarbonyl (C=S) groups is 1. The molecular weight excluding hydrogens is 504 g/mol. The zero-order valence-electron chi connectivity index (χ0n) is 21.2. The molecule has 0 bridgehead atoms. The first-order valence-electron chi connectivity index (χ1n) is 11.8. The van der Waals surface area contributed by atoms with Gasteiger partial charge in [-0.15, -0.1) is 0 Å². The Hall–Kier alpha value is -3.62. The van der Waals surface area contributed by atoms with E-state index in [2.05, 4.69) is 12.2 Å². The van der Waals surface area contributed by atoms with Crippen molar-refractivity contribution in [1.29, 1.82) is 0 Å². The molecule has 0 aromatic heterocycles. The number of amides is 2. The lowest BCUT2D eigenvalue weighted by Gasteiger charge is -2.14. The van der Waals surface area contributed by atoms with Crippen molar-refractivity contribution in [3.05, 3.63) is 87.8 Å². The lowest BCUT2D eigenvalue weighted by atomic mass is 10.1. The van der Waals surface area contributed by atoms with E-state index >= 15 is 0 Å². The summed E-state index contributed by atoms with van der Waals surface area (Å²) in [6.07, 6.45) is 2.70. The molecule has 2 amide bonds. The number of benzene rings is 3. The summed E-state index contributed by atoms with van der Waals surface area (Å²) in [5.41, 5.74) is 5.68. The second-order valence-corrected chi connectivity index (χ2v) is 10.3. The first kappa shape index (κ1) is 26.4. The molecule has 3 aromatic carbocycles. The number of carbonyl (C=O) groups excluding carboxylic acids is 2. The van der Waals surface area contributed by atoms with Crippen LogP contribution in [0.5, 0.6) is 11.5 Å². The third kappa shape index (κ3) is 6.21. The number of rotatable bonds is 8. The summed E-state index contributed by atoms with van der Waals surface area (Å²) >= 11 is 6.75. The van der Waals surface area contributed by atoms with Crippen molar-refractivity contribution in [3.63, 3.8) is 0 Å². The van der Waals surface area contributed by atoms with Gasteiger partial charge in [0.1, 0.15) is 0 Å². The van der Waals surface area contributed by atoms with Crippen molar-refractivity contribution in [2.24, 2.45) is 0 Å². The predicted octanol–water partition coefficient (Wildman–Crippen LogP) is 6.30. The molecule has 0 atom stereocenters. The molecule has 0 unspecified atom stereocenters. The largest absolute Gasteiger partial charge is 0.493 e. The topological polar surface area (TPSA) is 67.9 Å². The highest BCUT2D eigenvalue weighted by Crippen LogP contribution is 2.37. The molecule has 1 aliphatic heterocycles.